The van der Waals surface area contributed by atoms with Crippen LogP contribution < -0.4 is 10.6 Å². The van der Waals surface area contributed by atoms with Gasteiger partial charge in [-0.05, 0) is 106 Å². The van der Waals surface area contributed by atoms with Gasteiger partial charge in [0.1, 0.15) is 0 Å². The first kappa shape index (κ1) is 19.6. The summed E-state index contributed by atoms with van der Waals surface area (Å²) >= 11 is 0. The molecule has 5 rings (SSSR count). The highest BCUT2D eigenvalue weighted by molar-refractivity contribution is 5.35. The van der Waals surface area contributed by atoms with Crippen LogP contribution in [0.1, 0.15) is 72.1 Å². The summed E-state index contributed by atoms with van der Waals surface area (Å²) in [6.45, 7) is 12.0. The predicted molar refractivity (Wildman–Crippen MR) is 115 cm³/mol. The zero-order chi connectivity index (χ0) is 20.1. The lowest BCUT2D eigenvalue weighted by molar-refractivity contribution is -0.120. The molecule has 5 saturated carbocycles. The molecule has 0 bridgehead atoms. The van der Waals surface area contributed by atoms with Gasteiger partial charge in [0.15, 0.2) is 0 Å². The maximum absolute atomic E-state index is 11.2. The summed E-state index contributed by atoms with van der Waals surface area (Å²) in [5.74, 6) is 1.90. The number of likely N-dealkylation sites (N-methyl/N-ethyl adjacent to an activating group) is 1. The second-order valence-electron chi connectivity index (χ2n) is 11.8. The third kappa shape index (κ3) is 1.98. The van der Waals surface area contributed by atoms with Crippen LogP contribution in [0.4, 0.5) is 0 Å². The number of nitrogens with one attached hydrogen (secondary N) is 2. The van der Waals surface area contributed by atoms with Gasteiger partial charge in [0.25, 0.3) is 0 Å². The van der Waals surface area contributed by atoms with Crippen molar-refractivity contribution in [3.05, 3.63) is 12.2 Å². The van der Waals surface area contributed by atoms with Crippen LogP contribution in [0.2, 0.25) is 0 Å². The first-order valence-electron chi connectivity index (χ1n) is 11.9. The zero-order valence-corrected chi connectivity index (χ0v) is 18.8. The van der Waals surface area contributed by atoms with Gasteiger partial charge in [0.2, 0.25) is 0 Å². The molecule has 28 heavy (non-hydrogen) atoms. The molecular formula is C25H42N2O. The largest absolute Gasteiger partial charge is 0.393 e. The van der Waals surface area contributed by atoms with E-state index in [-0.39, 0.29) is 16.9 Å². The number of rotatable bonds is 3. The molecule has 5 fully saturated rings. The Morgan fingerprint density at radius 1 is 1.04 bits per heavy atom. The van der Waals surface area contributed by atoms with Gasteiger partial charge in [-0.25, -0.2) is 0 Å². The average Bonchev–Trinajstić information content (AvgIpc) is 3.27. The highest BCUT2D eigenvalue weighted by atomic mass is 16.3. The van der Waals surface area contributed by atoms with E-state index in [9.17, 15) is 5.11 Å². The molecule has 2 spiro atoms. The van der Waals surface area contributed by atoms with Gasteiger partial charge in [0.05, 0.1) is 6.10 Å². The summed E-state index contributed by atoms with van der Waals surface area (Å²) in [5.41, 5.74) is 3.12. The van der Waals surface area contributed by atoms with Crippen molar-refractivity contribution in [1.29, 1.82) is 0 Å². The second kappa shape index (κ2) is 5.86. The highest BCUT2D eigenvalue weighted by Gasteiger charge is 2.81. The Bertz CT molecular complexity index is 692. The summed E-state index contributed by atoms with van der Waals surface area (Å²) in [4.78, 5) is 0. The Kier molecular flexibility index (Phi) is 4.09. The van der Waals surface area contributed by atoms with E-state index in [2.05, 4.69) is 52.1 Å². The minimum absolute atomic E-state index is 0.157. The van der Waals surface area contributed by atoms with Gasteiger partial charge >= 0.3 is 0 Å². The molecule has 0 amide bonds. The minimum atomic E-state index is -0.157. The van der Waals surface area contributed by atoms with E-state index in [0.717, 1.165) is 18.3 Å². The van der Waals surface area contributed by atoms with Crippen LogP contribution in [0.25, 0.3) is 0 Å². The van der Waals surface area contributed by atoms with Crippen LogP contribution in [0.15, 0.2) is 12.2 Å². The van der Waals surface area contributed by atoms with Crippen LogP contribution in [-0.2, 0) is 0 Å². The van der Waals surface area contributed by atoms with Crippen molar-refractivity contribution in [2.75, 3.05) is 14.1 Å². The summed E-state index contributed by atoms with van der Waals surface area (Å²) in [7, 11) is 4.17. The Balaban J connectivity index is 1.51. The molecule has 0 heterocycles. The fourth-order valence-corrected chi connectivity index (χ4v) is 10.1. The molecule has 0 aliphatic heterocycles. The van der Waals surface area contributed by atoms with Crippen LogP contribution >= 0.6 is 0 Å². The quantitative estimate of drug-likeness (QED) is 0.639. The van der Waals surface area contributed by atoms with Crippen molar-refractivity contribution in [2.45, 2.75) is 90.3 Å². The fraction of sp³-hybridized carbons (Fsp3) is 0.920. The molecule has 0 aromatic carbocycles. The van der Waals surface area contributed by atoms with E-state index in [1.807, 2.05) is 0 Å². The van der Waals surface area contributed by atoms with E-state index in [4.69, 9.17) is 0 Å². The maximum Gasteiger partial charge on any atom is 0.0594 e. The summed E-state index contributed by atoms with van der Waals surface area (Å²) < 4.78 is 0. The maximum atomic E-state index is 11.2. The minimum Gasteiger partial charge on any atom is -0.393 e. The lowest BCUT2D eigenvalue weighted by atomic mass is 9.43. The number of hydrogen-bond donors (Lipinski definition) is 3. The van der Waals surface area contributed by atoms with E-state index >= 15 is 0 Å². The van der Waals surface area contributed by atoms with E-state index in [1.54, 1.807) is 0 Å². The van der Waals surface area contributed by atoms with Gasteiger partial charge in [-0.3, -0.25) is 0 Å². The molecule has 0 aromatic heterocycles. The van der Waals surface area contributed by atoms with E-state index < -0.39 is 0 Å². The van der Waals surface area contributed by atoms with E-state index in [1.165, 1.54) is 50.5 Å². The first-order valence-corrected chi connectivity index (χ1v) is 11.9. The van der Waals surface area contributed by atoms with Crippen molar-refractivity contribution in [2.24, 2.45) is 39.4 Å². The fourth-order valence-electron chi connectivity index (χ4n) is 10.1. The van der Waals surface area contributed by atoms with Crippen LogP contribution in [0, 0.1) is 39.4 Å². The normalized spacial score (nSPS) is 58.4. The smallest absolute Gasteiger partial charge is 0.0594 e. The average molecular weight is 387 g/mol. The Labute approximate surface area is 172 Å². The first-order chi connectivity index (χ1) is 13.2. The van der Waals surface area contributed by atoms with Crippen molar-refractivity contribution in [1.82, 2.24) is 10.6 Å². The highest BCUT2D eigenvalue weighted by Crippen LogP contribution is 2.87. The standard InChI is InChI=1S/C25H42N2O/c1-15-17-7-8-20-23(4)13-19(28)21(16(2)26-5)22(23,3)11-12-25(20)14-24(17,25)10-9-18(15)27-6/h16-21,26-28H,1,7-14H2,2-6H3/t16-,17+,18+,19-,20+,21+,22-,23+,24-,25+/m1/s1. The topological polar surface area (TPSA) is 44.3 Å². The van der Waals surface area contributed by atoms with Crippen LogP contribution in [0.3, 0.4) is 0 Å². The Morgan fingerprint density at radius 3 is 2.46 bits per heavy atom. The SMILES string of the molecule is C=C1[C@@H](NC)CC[C@]23C[C@]24CC[C@]2(C)[C@@H]([C@@H](C)NC)[C@H](O)C[C@@]2(C)[C@@H]4CC[C@@H]13. The van der Waals surface area contributed by atoms with Crippen molar-refractivity contribution in [3.8, 4) is 0 Å². The number of fused-ring (bicyclic) bond motifs is 2. The lowest BCUT2D eigenvalue weighted by Gasteiger charge is -2.61. The van der Waals surface area contributed by atoms with Crippen LogP contribution in [0.5, 0.6) is 0 Å². The monoisotopic (exact) mass is 386 g/mol. The number of aliphatic hydroxyl groups excluding tert-OH is 1. The Morgan fingerprint density at radius 2 is 1.79 bits per heavy atom. The molecule has 3 N–H and O–H groups in total. The molecule has 10 atom stereocenters. The van der Waals surface area contributed by atoms with Gasteiger partial charge in [0, 0.05) is 18.0 Å². The molecular weight excluding hydrogens is 344 g/mol. The lowest BCUT2D eigenvalue weighted by Crippen LogP contribution is -2.56. The number of aliphatic hydroxyl groups is 1. The van der Waals surface area contributed by atoms with Gasteiger partial charge in [-0.15, -0.1) is 0 Å². The zero-order valence-electron chi connectivity index (χ0n) is 18.8. The molecule has 3 heteroatoms. The van der Waals surface area contributed by atoms with Gasteiger partial charge in [-0.1, -0.05) is 26.0 Å². The molecule has 5 aliphatic rings. The predicted octanol–water partition coefficient (Wildman–Crippen LogP) is 4.12. The van der Waals surface area contributed by atoms with Crippen molar-refractivity contribution < 1.29 is 5.11 Å². The molecule has 0 radical (unpaired) electrons. The molecule has 3 nitrogen and oxygen atoms in total. The van der Waals surface area contributed by atoms with Gasteiger partial charge < -0.3 is 15.7 Å². The third-order valence-corrected chi connectivity index (χ3v) is 11.6. The van der Waals surface area contributed by atoms with E-state index in [0.29, 0.717) is 28.8 Å². The molecule has 5 aliphatic carbocycles. The van der Waals surface area contributed by atoms with Crippen molar-refractivity contribution in [3.63, 3.8) is 0 Å². The molecule has 0 aromatic rings. The molecule has 0 saturated heterocycles. The summed E-state index contributed by atoms with van der Waals surface area (Å²) in [6.07, 6.45) is 10.3. The van der Waals surface area contributed by atoms with Gasteiger partial charge in [-0.2, -0.15) is 0 Å². The third-order valence-electron chi connectivity index (χ3n) is 11.6. The van der Waals surface area contributed by atoms with Crippen LogP contribution in [-0.4, -0.2) is 37.4 Å². The Hall–Kier alpha value is -0.380. The van der Waals surface area contributed by atoms with Crippen molar-refractivity contribution >= 4 is 0 Å². The summed E-state index contributed by atoms with van der Waals surface area (Å²) in [5, 5.41) is 18.2. The number of hydrogen-bond acceptors (Lipinski definition) is 3. The molecule has 158 valence electrons. The summed E-state index contributed by atoms with van der Waals surface area (Å²) in [6, 6.07) is 0.912. The molecule has 0 unspecified atom stereocenters. The second-order valence-corrected chi connectivity index (χ2v) is 11.8.